The summed E-state index contributed by atoms with van der Waals surface area (Å²) < 4.78 is 0.962. The summed E-state index contributed by atoms with van der Waals surface area (Å²) in [4.78, 5) is 36.1. The first-order chi connectivity index (χ1) is 17.7. The van der Waals surface area contributed by atoms with Crippen LogP contribution in [0.25, 0.3) is 0 Å². The van der Waals surface area contributed by atoms with E-state index < -0.39 is 24.0 Å². The molecule has 6 N–H and O–H groups in total. The monoisotopic (exact) mass is 580 g/mol. The molecule has 0 saturated heterocycles. The number of benzene rings is 3. The van der Waals surface area contributed by atoms with Gasteiger partial charge in [-0.15, -0.1) is 0 Å². The van der Waals surface area contributed by atoms with Crippen LogP contribution in [0.15, 0.2) is 77.3 Å². The zero-order valence-electron chi connectivity index (χ0n) is 19.8. The minimum atomic E-state index is -1.30. The highest BCUT2D eigenvalue weighted by Gasteiger charge is 2.25. The topological polar surface area (TPSA) is 140 Å². The fourth-order valence-corrected chi connectivity index (χ4v) is 3.41. The highest BCUT2D eigenvalue weighted by molar-refractivity contribution is 9.10. The molecule has 0 aliphatic heterocycles. The molecule has 3 aromatic rings. The molecular formula is C28H29BrN4O5. The maximum atomic E-state index is 12.3. The molecule has 0 radical (unpaired) electrons. The number of hydroxylamine groups is 1. The van der Waals surface area contributed by atoms with Crippen molar-refractivity contribution in [1.29, 1.82) is 0 Å². The lowest BCUT2D eigenvalue weighted by molar-refractivity contribution is -0.133. The number of nitrogens with one attached hydrogen (secondary N) is 4. The van der Waals surface area contributed by atoms with Crippen molar-refractivity contribution in [3.63, 3.8) is 0 Å². The number of hydrogen-bond acceptors (Lipinski definition) is 6. The third-order valence-corrected chi connectivity index (χ3v) is 5.65. The summed E-state index contributed by atoms with van der Waals surface area (Å²) in [5.74, 6) is 4.33. The minimum Gasteiger partial charge on any atom is -0.391 e. The molecule has 0 fully saturated rings. The number of carbonyl (C=O) groups excluding carboxylic acids is 3. The fourth-order valence-electron chi connectivity index (χ4n) is 3.14. The molecule has 2 atom stereocenters. The predicted molar refractivity (Wildman–Crippen MR) is 150 cm³/mol. The van der Waals surface area contributed by atoms with E-state index in [-0.39, 0.29) is 25.4 Å². The molecule has 0 aliphatic rings. The predicted octanol–water partition coefficient (Wildman–Crippen LogP) is 3.52. The SMILES string of the molecule is C.C[C@@H](O)[C@H](NC(=O)c1ccc(C#Cc2ccc(NC(=O)CNc3ccc(Br)cc3)cc2)cc1)C(=O)NO. The third kappa shape index (κ3) is 9.05. The fraction of sp³-hybridized carbons (Fsp3) is 0.179. The Bertz CT molecular complexity index is 1300. The van der Waals surface area contributed by atoms with Crippen molar-refractivity contribution in [1.82, 2.24) is 10.8 Å². The van der Waals surface area contributed by atoms with Gasteiger partial charge in [-0.25, -0.2) is 5.48 Å². The zero-order chi connectivity index (χ0) is 26.8. The second kappa shape index (κ2) is 14.5. The van der Waals surface area contributed by atoms with Gasteiger partial charge < -0.3 is 21.1 Å². The van der Waals surface area contributed by atoms with Gasteiger partial charge in [0.15, 0.2) is 0 Å². The molecule has 10 heteroatoms. The van der Waals surface area contributed by atoms with E-state index in [9.17, 15) is 19.5 Å². The van der Waals surface area contributed by atoms with Crippen molar-refractivity contribution >= 4 is 45.0 Å². The smallest absolute Gasteiger partial charge is 0.268 e. The molecule has 0 aromatic heterocycles. The number of carbonyl (C=O) groups is 3. The van der Waals surface area contributed by atoms with Crippen LogP contribution in [-0.2, 0) is 9.59 Å². The molecule has 9 nitrogen and oxygen atoms in total. The average molecular weight is 581 g/mol. The second-order valence-electron chi connectivity index (χ2n) is 7.98. The Morgan fingerprint density at radius 1 is 0.868 bits per heavy atom. The van der Waals surface area contributed by atoms with Gasteiger partial charge in [-0.3, -0.25) is 19.6 Å². The normalized spacial score (nSPS) is 11.5. The lowest BCUT2D eigenvalue weighted by Crippen LogP contribution is -2.51. The Labute approximate surface area is 229 Å². The van der Waals surface area contributed by atoms with E-state index in [2.05, 4.69) is 43.7 Å². The molecule has 3 rings (SSSR count). The summed E-state index contributed by atoms with van der Waals surface area (Å²) in [6.45, 7) is 1.45. The second-order valence-corrected chi connectivity index (χ2v) is 8.90. The van der Waals surface area contributed by atoms with Gasteiger partial charge in [0.1, 0.15) is 6.04 Å². The van der Waals surface area contributed by atoms with Gasteiger partial charge in [-0.05, 0) is 79.7 Å². The third-order valence-electron chi connectivity index (χ3n) is 5.13. The van der Waals surface area contributed by atoms with Gasteiger partial charge in [0.05, 0.1) is 12.6 Å². The average Bonchev–Trinajstić information content (AvgIpc) is 2.90. The van der Waals surface area contributed by atoms with E-state index in [1.54, 1.807) is 36.4 Å². The molecule has 0 heterocycles. The molecule has 38 heavy (non-hydrogen) atoms. The highest BCUT2D eigenvalue weighted by Crippen LogP contribution is 2.14. The number of rotatable bonds is 8. The van der Waals surface area contributed by atoms with Crippen molar-refractivity contribution in [2.75, 3.05) is 17.2 Å². The summed E-state index contributed by atoms with van der Waals surface area (Å²) in [6, 6.07) is 19.7. The van der Waals surface area contributed by atoms with Crippen LogP contribution in [0, 0.1) is 11.8 Å². The maximum Gasteiger partial charge on any atom is 0.268 e. The number of aliphatic hydroxyl groups is 1. The van der Waals surface area contributed by atoms with E-state index >= 15 is 0 Å². The first-order valence-corrected chi connectivity index (χ1v) is 12.0. The van der Waals surface area contributed by atoms with Crippen molar-refractivity contribution in [3.8, 4) is 11.8 Å². The summed E-state index contributed by atoms with van der Waals surface area (Å²) in [6.07, 6.45) is -1.20. The first kappa shape index (κ1) is 30.1. The Morgan fingerprint density at radius 2 is 1.39 bits per heavy atom. The molecule has 3 amide bonds. The molecular weight excluding hydrogens is 552 g/mol. The van der Waals surface area contributed by atoms with Crippen molar-refractivity contribution in [3.05, 3.63) is 94.0 Å². The van der Waals surface area contributed by atoms with Crippen LogP contribution in [0.3, 0.4) is 0 Å². The molecule has 198 valence electrons. The zero-order valence-corrected chi connectivity index (χ0v) is 21.4. The van der Waals surface area contributed by atoms with Crippen LogP contribution in [0.5, 0.6) is 0 Å². The van der Waals surface area contributed by atoms with Crippen LogP contribution in [-0.4, -0.2) is 46.7 Å². The molecule has 0 bridgehead atoms. The van der Waals surface area contributed by atoms with Gasteiger partial charge in [0.25, 0.3) is 11.8 Å². The van der Waals surface area contributed by atoms with E-state index in [1.165, 1.54) is 24.5 Å². The van der Waals surface area contributed by atoms with Gasteiger partial charge in [-0.2, -0.15) is 0 Å². The van der Waals surface area contributed by atoms with Gasteiger partial charge >= 0.3 is 0 Å². The highest BCUT2D eigenvalue weighted by atomic mass is 79.9. The number of hydrogen-bond donors (Lipinski definition) is 6. The number of halogens is 1. The minimum absolute atomic E-state index is 0. The summed E-state index contributed by atoms with van der Waals surface area (Å²) >= 11 is 3.37. The van der Waals surface area contributed by atoms with Gasteiger partial charge in [-0.1, -0.05) is 35.2 Å². The van der Waals surface area contributed by atoms with Gasteiger partial charge in [0.2, 0.25) is 5.91 Å². The molecule has 3 aromatic carbocycles. The Hall–Kier alpha value is -4.17. The largest absolute Gasteiger partial charge is 0.391 e. The number of anilines is 2. The summed E-state index contributed by atoms with van der Waals surface area (Å²) in [7, 11) is 0. The number of aliphatic hydroxyl groups excluding tert-OH is 1. The van der Waals surface area contributed by atoms with Crippen LogP contribution in [0.1, 0.15) is 35.8 Å². The van der Waals surface area contributed by atoms with Crippen molar-refractivity contribution in [2.45, 2.75) is 26.5 Å². The Balaban J connectivity index is 0.00000507. The van der Waals surface area contributed by atoms with Crippen molar-refractivity contribution in [2.24, 2.45) is 0 Å². The molecule has 0 saturated carbocycles. The van der Waals surface area contributed by atoms with Crippen LogP contribution < -0.4 is 21.4 Å². The lowest BCUT2D eigenvalue weighted by Gasteiger charge is -2.19. The molecule has 0 unspecified atom stereocenters. The molecule has 0 spiro atoms. The van der Waals surface area contributed by atoms with Crippen LogP contribution in [0.2, 0.25) is 0 Å². The number of amides is 3. The summed E-state index contributed by atoms with van der Waals surface area (Å²) in [5, 5.41) is 26.6. The van der Waals surface area contributed by atoms with E-state index in [1.807, 2.05) is 24.3 Å². The van der Waals surface area contributed by atoms with E-state index in [0.717, 1.165) is 15.7 Å². The first-order valence-electron chi connectivity index (χ1n) is 11.2. The maximum absolute atomic E-state index is 12.3. The van der Waals surface area contributed by atoms with E-state index in [0.29, 0.717) is 11.3 Å². The van der Waals surface area contributed by atoms with Crippen LogP contribution >= 0.6 is 15.9 Å². The van der Waals surface area contributed by atoms with Crippen LogP contribution in [0.4, 0.5) is 11.4 Å². The Kier molecular flexibility index (Phi) is 11.5. The van der Waals surface area contributed by atoms with Crippen molar-refractivity contribution < 1.29 is 24.7 Å². The standard InChI is InChI=1S/C27H25BrN4O5.CH4/c1-17(33)25(27(36)32-37)31-26(35)20-8-4-18(5-9-20)2-3-19-6-12-23(13-7-19)30-24(34)16-29-22-14-10-21(28)11-15-22;/h4-15,17,25,29,33,37H,16H2,1H3,(H,30,34)(H,31,35)(H,32,36);1H4/t17-,25+;/m1./s1. The van der Waals surface area contributed by atoms with Gasteiger partial charge in [0, 0.05) is 32.5 Å². The lowest BCUT2D eigenvalue weighted by atomic mass is 10.1. The Morgan fingerprint density at radius 3 is 1.92 bits per heavy atom. The molecule has 0 aliphatic carbocycles. The quantitative estimate of drug-likeness (QED) is 0.137. The summed E-state index contributed by atoms with van der Waals surface area (Å²) in [5.41, 5.74) is 4.56. The van der Waals surface area contributed by atoms with E-state index in [4.69, 9.17) is 5.21 Å².